The van der Waals surface area contributed by atoms with E-state index in [1.807, 2.05) is 0 Å². The maximum Gasteiger partial charge on any atom is 0.251 e. The van der Waals surface area contributed by atoms with Gasteiger partial charge in [-0.25, -0.2) is 0 Å². The van der Waals surface area contributed by atoms with Crippen molar-refractivity contribution in [3.8, 4) is 11.5 Å². The highest BCUT2D eigenvalue weighted by molar-refractivity contribution is 6.97. The number of ether oxygens (including phenoxy) is 1. The molecule has 9 aromatic rings. The Morgan fingerprint density at radius 3 is 0.928 bits per heavy atom. The van der Waals surface area contributed by atoms with Crippen LogP contribution in [0, 0.1) is 0 Å². The first-order valence-corrected chi connectivity index (χ1v) is 24.5. The lowest BCUT2D eigenvalue weighted by atomic mass is 9.33. The molecule has 0 radical (unpaired) electrons. The van der Waals surface area contributed by atoms with Gasteiger partial charge in [-0.15, -0.1) is 0 Å². The Hall–Kier alpha value is -7.96. The summed E-state index contributed by atoms with van der Waals surface area (Å²) >= 11 is 0. The first kappa shape index (κ1) is 42.4. The summed E-state index contributed by atoms with van der Waals surface area (Å²) in [6.45, 7) is 14.0. The van der Waals surface area contributed by atoms with Crippen LogP contribution in [0.4, 0.5) is 68.2 Å². The number of rotatable bonds is 8. The van der Waals surface area contributed by atoms with Gasteiger partial charge in [-0.05, 0) is 155 Å². The molecule has 3 heterocycles. The molecule has 0 aromatic heterocycles. The summed E-state index contributed by atoms with van der Waals surface area (Å²) in [4.78, 5) is 9.67. The predicted molar refractivity (Wildman–Crippen MR) is 292 cm³/mol. The van der Waals surface area contributed by atoms with Gasteiger partial charge in [0.25, 0.3) is 6.71 Å². The van der Waals surface area contributed by atoms with Crippen molar-refractivity contribution in [3.63, 3.8) is 0 Å². The molecular weight excluding hydrogens is 840 g/mol. The topological polar surface area (TPSA) is 22.2 Å². The number of para-hydroxylation sites is 10. The van der Waals surface area contributed by atoms with E-state index in [-0.39, 0.29) is 18.5 Å². The van der Waals surface area contributed by atoms with Gasteiger partial charge in [-0.3, -0.25) is 0 Å². The first-order chi connectivity index (χ1) is 33.7. The van der Waals surface area contributed by atoms with E-state index in [1.165, 1.54) is 22.2 Å². The molecule has 5 nitrogen and oxygen atoms in total. The zero-order valence-corrected chi connectivity index (χ0v) is 40.1. The minimum Gasteiger partial charge on any atom is -0.458 e. The summed E-state index contributed by atoms with van der Waals surface area (Å²) in [5, 5.41) is 0. The molecule has 12 rings (SSSR count). The third-order valence-electron chi connectivity index (χ3n) is 14.3. The molecule has 0 atom stereocenters. The average Bonchev–Trinajstić information content (AvgIpc) is 3.38. The molecule has 0 saturated heterocycles. The molecule has 0 saturated carbocycles. The maximum atomic E-state index is 7.15. The molecule has 3 aliphatic rings. The fraction of sp³-hybridized carbons (Fsp3) is 0.143. The molecule has 0 fully saturated rings. The van der Waals surface area contributed by atoms with Crippen LogP contribution in [0.3, 0.4) is 0 Å². The van der Waals surface area contributed by atoms with E-state index >= 15 is 0 Å². The van der Waals surface area contributed by atoms with Crippen molar-refractivity contribution in [2.45, 2.75) is 59.3 Å². The molecule has 0 aliphatic carbocycles. The standard InChI is InChI=1S/C63H55BN4O/c1-41(2)44-37-49(42(3)4)63(50(38-44)43(5)6)64-51-39-47(67-57-29-17-13-25-53(57)65(45-21-9-7-10-22-45)54-26-14-18-30-58(54)67)33-35-61(51)69-62-36-34-48(40-52(62)64)68-59-31-19-15-27-55(59)66(46-23-11-8-12-24-46)56-28-16-20-32-60(56)68/h7-43H,1-6H3. The minimum absolute atomic E-state index is 0.133. The van der Waals surface area contributed by atoms with E-state index in [1.54, 1.807) is 0 Å². The maximum absolute atomic E-state index is 7.15. The van der Waals surface area contributed by atoms with E-state index in [4.69, 9.17) is 4.74 Å². The van der Waals surface area contributed by atoms with Crippen LogP contribution in [0.5, 0.6) is 11.5 Å². The van der Waals surface area contributed by atoms with Crippen molar-refractivity contribution in [3.05, 3.63) is 223 Å². The lowest BCUT2D eigenvalue weighted by Gasteiger charge is -2.41. The zero-order chi connectivity index (χ0) is 46.9. The normalized spacial score (nSPS) is 13.4. The summed E-state index contributed by atoms with van der Waals surface area (Å²) in [6, 6.07) is 75.3. The summed E-state index contributed by atoms with van der Waals surface area (Å²) in [5.74, 6) is 2.74. The number of hydrogen-bond donors (Lipinski definition) is 0. The van der Waals surface area contributed by atoms with Gasteiger partial charge in [0, 0.05) is 22.7 Å². The Balaban J connectivity index is 1.09. The fourth-order valence-electron chi connectivity index (χ4n) is 11.1. The smallest absolute Gasteiger partial charge is 0.251 e. The van der Waals surface area contributed by atoms with E-state index in [0.29, 0.717) is 5.92 Å². The number of hydrogen-bond acceptors (Lipinski definition) is 5. The van der Waals surface area contributed by atoms with Crippen LogP contribution < -0.4 is 40.7 Å². The van der Waals surface area contributed by atoms with Crippen LogP contribution >= 0.6 is 0 Å². The van der Waals surface area contributed by atoms with Crippen molar-refractivity contribution in [2.24, 2.45) is 0 Å². The van der Waals surface area contributed by atoms with Gasteiger partial charge in [0.15, 0.2) is 0 Å². The van der Waals surface area contributed by atoms with E-state index < -0.39 is 0 Å². The molecule has 0 N–H and O–H groups in total. The Labute approximate surface area is 407 Å². The summed E-state index contributed by atoms with van der Waals surface area (Å²) in [7, 11) is 0. The van der Waals surface area contributed by atoms with Gasteiger partial charge in [0.1, 0.15) is 11.5 Å². The van der Waals surface area contributed by atoms with Crippen LogP contribution in [0.15, 0.2) is 206 Å². The molecule has 0 unspecified atom stereocenters. The Kier molecular flexibility index (Phi) is 10.4. The number of benzene rings is 9. The quantitative estimate of drug-likeness (QED) is 0.141. The molecule has 0 spiro atoms. The van der Waals surface area contributed by atoms with Gasteiger partial charge < -0.3 is 24.3 Å². The van der Waals surface area contributed by atoms with Crippen LogP contribution in [0.25, 0.3) is 0 Å². The number of fused-ring (bicyclic) bond motifs is 6. The molecule has 9 aromatic carbocycles. The van der Waals surface area contributed by atoms with Gasteiger partial charge in [-0.2, -0.15) is 0 Å². The molecule has 0 amide bonds. The van der Waals surface area contributed by atoms with Crippen molar-refractivity contribution in [1.82, 2.24) is 0 Å². The van der Waals surface area contributed by atoms with Crippen molar-refractivity contribution in [1.29, 1.82) is 0 Å². The van der Waals surface area contributed by atoms with E-state index in [9.17, 15) is 0 Å². The largest absolute Gasteiger partial charge is 0.458 e. The van der Waals surface area contributed by atoms with Crippen LogP contribution in [0.1, 0.15) is 76.0 Å². The third-order valence-corrected chi connectivity index (χ3v) is 14.3. The first-order valence-electron chi connectivity index (χ1n) is 24.5. The van der Waals surface area contributed by atoms with Gasteiger partial charge in [0.05, 0.1) is 45.5 Å². The lowest BCUT2D eigenvalue weighted by molar-refractivity contribution is 0.487. The summed E-state index contributed by atoms with van der Waals surface area (Å²) in [6.07, 6.45) is 0. The van der Waals surface area contributed by atoms with Gasteiger partial charge in [0.2, 0.25) is 0 Å². The second-order valence-electron chi connectivity index (χ2n) is 19.5. The average molecular weight is 895 g/mol. The molecule has 336 valence electrons. The second kappa shape index (κ2) is 17.0. The van der Waals surface area contributed by atoms with Crippen LogP contribution in [-0.2, 0) is 0 Å². The molecule has 69 heavy (non-hydrogen) atoms. The Bertz CT molecular complexity index is 3090. The van der Waals surface area contributed by atoms with Crippen LogP contribution in [-0.4, -0.2) is 6.71 Å². The highest BCUT2D eigenvalue weighted by atomic mass is 16.5. The zero-order valence-electron chi connectivity index (χ0n) is 40.1. The van der Waals surface area contributed by atoms with Crippen molar-refractivity contribution < 1.29 is 4.74 Å². The fourth-order valence-corrected chi connectivity index (χ4v) is 11.1. The Morgan fingerprint density at radius 1 is 0.319 bits per heavy atom. The van der Waals surface area contributed by atoms with Gasteiger partial charge in [-0.1, -0.05) is 144 Å². The summed E-state index contributed by atoms with van der Waals surface area (Å²) in [5.41, 5.74) is 21.3. The highest BCUT2D eigenvalue weighted by Gasteiger charge is 2.40. The highest BCUT2D eigenvalue weighted by Crippen LogP contribution is 2.56. The molecule has 0 bridgehead atoms. The molecule has 3 aliphatic heterocycles. The second-order valence-corrected chi connectivity index (χ2v) is 19.5. The monoisotopic (exact) mass is 894 g/mol. The Morgan fingerprint density at radius 2 is 0.623 bits per heavy atom. The minimum atomic E-state index is -0.133. The molecule has 6 heteroatoms. The number of anilines is 12. The van der Waals surface area contributed by atoms with E-state index in [2.05, 4.69) is 267 Å². The van der Waals surface area contributed by atoms with Gasteiger partial charge >= 0.3 is 0 Å². The number of nitrogens with zero attached hydrogens (tertiary/aromatic N) is 4. The van der Waals surface area contributed by atoms with Crippen molar-refractivity contribution >= 4 is 91.3 Å². The predicted octanol–water partition coefficient (Wildman–Crippen LogP) is 16.2. The van der Waals surface area contributed by atoms with Crippen molar-refractivity contribution in [2.75, 3.05) is 19.6 Å². The van der Waals surface area contributed by atoms with E-state index in [0.717, 1.165) is 90.7 Å². The summed E-state index contributed by atoms with van der Waals surface area (Å²) < 4.78 is 7.15. The molecular formula is C63H55BN4O. The SMILES string of the molecule is CC(C)c1cc(C(C)C)c(B2c3cc(N4c5ccccc5N(c5ccccc5)c5ccccc54)ccc3Oc3ccc(N4c5ccccc5N(c5ccccc5)c5ccccc54)cc32)c(C(C)C)c1. The van der Waals surface area contributed by atoms with Crippen LogP contribution in [0.2, 0.25) is 0 Å². The third kappa shape index (κ3) is 7.00. The lowest BCUT2D eigenvalue weighted by Crippen LogP contribution is -2.57.